The van der Waals surface area contributed by atoms with Crippen LogP contribution >= 0.6 is 0 Å². The van der Waals surface area contributed by atoms with Gasteiger partial charge in [0.05, 0.1) is 5.71 Å². The summed E-state index contributed by atoms with van der Waals surface area (Å²) in [5.74, 6) is 0. The first-order valence-corrected chi connectivity index (χ1v) is 2.63. The molecule has 0 heterocycles. The lowest BCUT2D eigenvalue weighted by Gasteiger charge is -1.82. The van der Waals surface area contributed by atoms with Crippen molar-refractivity contribution in [1.82, 2.24) is 5.32 Å². The third-order valence-corrected chi connectivity index (χ3v) is 0.690. The Morgan fingerprint density at radius 1 is 1.67 bits per heavy atom. The summed E-state index contributed by atoms with van der Waals surface area (Å²) < 4.78 is 0. The van der Waals surface area contributed by atoms with Crippen molar-refractivity contribution in [1.29, 1.82) is 0 Å². The molecule has 0 unspecified atom stereocenters. The van der Waals surface area contributed by atoms with Gasteiger partial charge in [0.25, 0.3) is 0 Å². The second-order valence-electron chi connectivity index (χ2n) is 1.49. The highest BCUT2D eigenvalue weighted by Gasteiger charge is 1.77. The minimum Gasteiger partial charge on any atom is -0.393 e. The second-order valence-corrected chi connectivity index (χ2v) is 1.49. The van der Waals surface area contributed by atoms with Crippen LogP contribution in [0.4, 0.5) is 0 Å². The first-order valence-electron chi connectivity index (χ1n) is 2.63. The van der Waals surface area contributed by atoms with Crippen LogP contribution in [0.2, 0.25) is 0 Å². The Labute approximate surface area is 54.5 Å². The molecular weight excluding hydrogens is 116 g/mol. The quantitative estimate of drug-likeness (QED) is 0.437. The minimum atomic E-state index is 0.474. The average Bonchev–Trinajstić information content (AvgIpc) is 1.89. The van der Waals surface area contributed by atoms with Crippen molar-refractivity contribution in [3.8, 4) is 0 Å². The van der Waals surface area contributed by atoms with Gasteiger partial charge in [-0.2, -0.15) is 0 Å². The maximum absolute atomic E-state index is 9.91. The van der Waals surface area contributed by atoms with Gasteiger partial charge in [0, 0.05) is 19.4 Å². The molecule has 3 heteroatoms. The van der Waals surface area contributed by atoms with E-state index < -0.39 is 0 Å². The molecule has 0 aromatic rings. The molecule has 0 atom stereocenters. The Bertz CT molecular complexity index is 138. The van der Waals surface area contributed by atoms with Gasteiger partial charge in [-0.1, -0.05) is 0 Å². The molecule has 0 aliphatic heterocycles. The molecule has 3 nitrogen and oxygen atoms in total. The van der Waals surface area contributed by atoms with Gasteiger partial charge in [0.2, 0.25) is 0 Å². The smallest absolute Gasteiger partial charge is 0.163 e. The van der Waals surface area contributed by atoms with Crippen LogP contribution in [-0.4, -0.2) is 19.0 Å². The average molecular weight is 126 g/mol. The fourth-order valence-corrected chi connectivity index (χ4v) is 0.260. The van der Waals surface area contributed by atoms with Crippen LogP contribution in [0.1, 0.15) is 6.92 Å². The zero-order valence-corrected chi connectivity index (χ0v) is 5.59. The third-order valence-electron chi connectivity index (χ3n) is 0.690. The number of nitrogens with one attached hydrogen (secondary N) is 1. The van der Waals surface area contributed by atoms with Gasteiger partial charge in [-0.3, -0.25) is 9.79 Å². The van der Waals surface area contributed by atoms with Crippen LogP contribution in [-0.2, 0) is 4.79 Å². The second kappa shape index (κ2) is 5.03. The summed E-state index contributed by atoms with van der Waals surface area (Å²) in [6.45, 7) is 1.65. The van der Waals surface area contributed by atoms with Crippen molar-refractivity contribution in [3.05, 3.63) is 12.4 Å². The summed E-state index contributed by atoms with van der Waals surface area (Å²) in [6.07, 6.45) is 3.89. The maximum Gasteiger partial charge on any atom is 0.163 e. The molecule has 0 spiro atoms. The summed E-state index contributed by atoms with van der Waals surface area (Å²) in [7, 11) is 1.77. The normalized spacial score (nSPS) is 12.0. The van der Waals surface area contributed by atoms with Crippen LogP contribution in [0.15, 0.2) is 17.4 Å². The summed E-state index contributed by atoms with van der Waals surface area (Å²) in [5, 5.41) is 2.74. The predicted octanol–water partition coefficient (Wildman–Crippen LogP) is 0.337. The Balaban J connectivity index is 3.68. The first kappa shape index (κ1) is 7.88. The minimum absolute atomic E-state index is 0.474. The molecule has 0 aliphatic carbocycles. The molecule has 0 saturated heterocycles. The predicted molar refractivity (Wildman–Crippen MR) is 37.4 cm³/mol. The number of carbonyl (C=O) groups excluding carboxylic acids is 1. The molecule has 0 aliphatic rings. The van der Waals surface area contributed by atoms with E-state index in [-0.39, 0.29) is 0 Å². The van der Waals surface area contributed by atoms with Gasteiger partial charge in [-0.15, -0.1) is 0 Å². The highest BCUT2D eigenvalue weighted by atomic mass is 16.1. The number of rotatable bonds is 3. The van der Waals surface area contributed by atoms with E-state index in [4.69, 9.17) is 0 Å². The van der Waals surface area contributed by atoms with Crippen LogP contribution in [0, 0.1) is 0 Å². The van der Waals surface area contributed by atoms with Gasteiger partial charge in [-0.05, 0) is 6.92 Å². The molecule has 0 aromatic carbocycles. The van der Waals surface area contributed by atoms with E-state index in [1.54, 1.807) is 20.2 Å². The summed E-state index contributed by atoms with van der Waals surface area (Å²) >= 11 is 0. The van der Waals surface area contributed by atoms with Gasteiger partial charge >= 0.3 is 0 Å². The summed E-state index contributed by atoms with van der Waals surface area (Å²) in [5.41, 5.74) is 0.474. The number of aldehydes is 1. The molecular formula is C6H10N2O. The fourth-order valence-electron chi connectivity index (χ4n) is 0.260. The van der Waals surface area contributed by atoms with E-state index in [1.165, 1.54) is 6.20 Å². The molecule has 0 rings (SSSR count). The Morgan fingerprint density at radius 3 is 2.78 bits per heavy atom. The van der Waals surface area contributed by atoms with Gasteiger partial charge in [0.15, 0.2) is 6.29 Å². The summed E-state index contributed by atoms with van der Waals surface area (Å²) in [4.78, 5) is 13.7. The van der Waals surface area contributed by atoms with Crippen molar-refractivity contribution >= 4 is 12.0 Å². The standard InChI is InChI=1S/C6H10N2O/c1-6(5-9)8-4-3-7-2/h3-5,7H,1-2H3/b4-3-,8-6-. The molecule has 0 bridgehead atoms. The largest absolute Gasteiger partial charge is 0.393 e. The zero-order chi connectivity index (χ0) is 7.11. The molecule has 9 heavy (non-hydrogen) atoms. The summed E-state index contributed by atoms with van der Waals surface area (Å²) in [6, 6.07) is 0. The molecule has 0 radical (unpaired) electrons. The number of carbonyl (C=O) groups is 1. The van der Waals surface area contributed by atoms with E-state index in [1.807, 2.05) is 0 Å². The first-order chi connectivity index (χ1) is 4.31. The Hall–Kier alpha value is -1.12. The topological polar surface area (TPSA) is 41.5 Å². The maximum atomic E-state index is 9.91. The van der Waals surface area contributed by atoms with Gasteiger partial charge in [-0.25, -0.2) is 0 Å². The van der Waals surface area contributed by atoms with E-state index in [0.717, 1.165) is 0 Å². The highest BCUT2D eigenvalue weighted by Crippen LogP contribution is 1.73. The number of hydrogen-bond acceptors (Lipinski definition) is 3. The number of hydrogen-bond donors (Lipinski definition) is 1. The lowest BCUT2D eigenvalue weighted by atomic mass is 10.5. The van der Waals surface area contributed by atoms with E-state index in [2.05, 4.69) is 10.3 Å². The Kier molecular flexibility index (Phi) is 4.40. The van der Waals surface area contributed by atoms with Crippen LogP contribution in [0.3, 0.4) is 0 Å². The van der Waals surface area contributed by atoms with Crippen LogP contribution in [0.5, 0.6) is 0 Å². The molecule has 0 saturated carbocycles. The molecule has 0 aromatic heterocycles. The van der Waals surface area contributed by atoms with Crippen molar-refractivity contribution in [2.24, 2.45) is 4.99 Å². The number of aliphatic imine (C=N–C) groups is 1. The van der Waals surface area contributed by atoms with Gasteiger partial charge < -0.3 is 5.32 Å². The fraction of sp³-hybridized carbons (Fsp3) is 0.333. The highest BCUT2D eigenvalue weighted by molar-refractivity contribution is 6.27. The van der Waals surface area contributed by atoms with Crippen molar-refractivity contribution < 1.29 is 4.79 Å². The third kappa shape index (κ3) is 4.74. The van der Waals surface area contributed by atoms with Crippen molar-refractivity contribution in [2.75, 3.05) is 7.05 Å². The van der Waals surface area contributed by atoms with Crippen molar-refractivity contribution in [3.63, 3.8) is 0 Å². The van der Waals surface area contributed by atoms with Crippen LogP contribution in [0.25, 0.3) is 0 Å². The Morgan fingerprint density at radius 2 is 2.33 bits per heavy atom. The zero-order valence-electron chi connectivity index (χ0n) is 5.59. The monoisotopic (exact) mass is 126 g/mol. The van der Waals surface area contributed by atoms with E-state index >= 15 is 0 Å². The van der Waals surface area contributed by atoms with Crippen molar-refractivity contribution in [2.45, 2.75) is 6.92 Å². The van der Waals surface area contributed by atoms with E-state index in [9.17, 15) is 4.79 Å². The van der Waals surface area contributed by atoms with Crippen LogP contribution < -0.4 is 5.32 Å². The molecule has 1 N–H and O–H groups in total. The lowest BCUT2D eigenvalue weighted by molar-refractivity contribution is -0.102. The van der Waals surface area contributed by atoms with E-state index in [0.29, 0.717) is 12.0 Å². The van der Waals surface area contributed by atoms with Gasteiger partial charge in [0.1, 0.15) is 0 Å². The number of nitrogens with zero attached hydrogens (tertiary/aromatic N) is 1. The molecule has 0 fully saturated rings. The lowest BCUT2D eigenvalue weighted by Crippen LogP contribution is -1.92. The molecule has 50 valence electrons. The SMILES string of the molecule is CN/C=C\N=C(\C)C=O. The molecule has 0 amide bonds.